The number of nitrogen functional groups attached to an aromatic ring is 1. The summed E-state index contributed by atoms with van der Waals surface area (Å²) in [5, 5.41) is 12.1. The molecule has 0 saturated carbocycles. The van der Waals surface area contributed by atoms with Crippen molar-refractivity contribution < 1.29 is 28.3 Å². The van der Waals surface area contributed by atoms with Gasteiger partial charge in [-0.25, -0.2) is 24.0 Å². The van der Waals surface area contributed by atoms with Crippen LogP contribution in [0.1, 0.15) is 52.4 Å². The number of allylic oxidation sites excluding steroid dienone is 2. The van der Waals surface area contributed by atoms with Crippen LogP contribution < -0.4 is 20.7 Å². The van der Waals surface area contributed by atoms with Gasteiger partial charge < -0.3 is 15.4 Å². The Morgan fingerprint density at radius 1 is 0.839 bits per heavy atom. The van der Waals surface area contributed by atoms with Crippen LogP contribution in [0.3, 0.4) is 0 Å². The van der Waals surface area contributed by atoms with Crippen molar-refractivity contribution in [3.8, 4) is 22.8 Å². The lowest BCUT2D eigenvalue weighted by atomic mass is 10.0. The molecule has 3 N–H and O–H groups in total. The van der Waals surface area contributed by atoms with Gasteiger partial charge in [0, 0.05) is 37.5 Å². The summed E-state index contributed by atoms with van der Waals surface area (Å²) in [6, 6.07) is 18.5. The summed E-state index contributed by atoms with van der Waals surface area (Å²) in [6.45, 7) is 1.51. The highest BCUT2D eigenvalue weighted by Gasteiger charge is 2.45. The van der Waals surface area contributed by atoms with Crippen molar-refractivity contribution >= 4 is 46.2 Å². The molecule has 3 aromatic carbocycles. The number of rotatable bonds is 7. The number of para-hydroxylation sites is 1. The van der Waals surface area contributed by atoms with Gasteiger partial charge in [0.2, 0.25) is 11.8 Å². The van der Waals surface area contributed by atoms with E-state index in [0.717, 1.165) is 35.1 Å². The summed E-state index contributed by atoms with van der Waals surface area (Å²) in [5.74, 6) is -1.58. The van der Waals surface area contributed by atoms with Crippen LogP contribution in [0.2, 0.25) is 0 Å². The van der Waals surface area contributed by atoms with Crippen molar-refractivity contribution in [2.75, 3.05) is 30.4 Å². The van der Waals surface area contributed by atoms with E-state index in [1.807, 2.05) is 76.6 Å². The van der Waals surface area contributed by atoms with Gasteiger partial charge in [0.1, 0.15) is 47.9 Å². The van der Waals surface area contributed by atoms with Crippen molar-refractivity contribution in [1.29, 1.82) is 0 Å². The molecule has 282 valence electrons. The second-order valence-electron chi connectivity index (χ2n) is 13.9. The van der Waals surface area contributed by atoms with E-state index in [1.54, 1.807) is 17.2 Å². The molecule has 2 aromatic heterocycles. The Morgan fingerprint density at radius 2 is 1.55 bits per heavy atom. The molecular weight excluding hydrogens is 720 g/mol. The Kier molecular flexibility index (Phi) is 8.73. The molecule has 2 saturated heterocycles. The zero-order chi connectivity index (χ0) is 38.5. The zero-order valence-electron chi connectivity index (χ0n) is 29.9. The Hall–Kier alpha value is -6.94. The highest BCUT2D eigenvalue weighted by molar-refractivity contribution is 6.23. The number of anilines is 2. The molecule has 0 radical (unpaired) electrons. The lowest BCUT2D eigenvalue weighted by Crippen LogP contribution is -2.54. The van der Waals surface area contributed by atoms with Crippen LogP contribution in [0.5, 0.6) is 11.5 Å². The van der Waals surface area contributed by atoms with E-state index >= 15 is 4.39 Å². The Bertz CT molecular complexity index is 2460. The van der Waals surface area contributed by atoms with Gasteiger partial charge >= 0.3 is 0 Å². The maximum atomic E-state index is 15.8. The van der Waals surface area contributed by atoms with Crippen LogP contribution in [-0.4, -0.2) is 84.1 Å². The second kappa shape index (κ2) is 14.0. The third kappa shape index (κ3) is 6.18. The van der Waals surface area contributed by atoms with Gasteiger partial charge in [0.25, 0.3) is 11.8 Å². The lowest BCUT2D eigenvalue weighted by Gasteiger charge is -2.40. The molecule has 4 aliphatic heterocycles. The molecule has 0 aliphatic carbocycles. The van der Waals surface area contributed by atoms with Gasteiger partial charge in [0.05, 0.1) is 28.2 Å². The quantitative estimate of drug-likeness (QED) is 0.219. The minimum atomic E-state index is -1.14. The van der Waals surface area contributed by atoms with Crippen molar-refractivity contribution in [2.45, 2.75) is 37.8 Å². The first kappa shape index (κ1) is 34.8. The molecule has 4 aliphatic rings. The maximum Gasteiger partial charge on any atom is 0.262 e. The molecule has 2 fully saturated rings. The summed E-state index contributed by atoms with van der Waals surface area (Å²) >= 11 is 0. The SMILES string of the molecule is Nc1ncnc2c1c(-c1ccc(Oc3ccccc3)cc1)nn2C1CCN(N2C=CC=CN(c3cc4c(cc3F)C(=O)N(C3CCC(=O)NC3=O)C4=O)C2)CC1. The number of imide groups is 2. The van der Waals surface area contributed by atoms with Gasteiger partial charge in [-0.3, -0.25) is 34.4 Å². The number of fused-ring (bicyclic) bond motifs is 2. The van der Waals surface area contributed by atoms with Crippen LogP contribution in [0.25, 0.3) is 22.3 Å². The molecule has 0 bridgehead atoms. The minimum Gasteiger partial charge on any atom is -0.457 e. The Labute approximate surface area is 319 Å². The predicted molar refractivity (Wildman–Crippen MR) is 202 cm³/mol. The number of carbonyl (C=O) groups excluding carboxylic acids is 4. The number of amides is 4. The highest BCUT2D eigenvalue weighted by atomic mass is 19.1. The average Bonchev–Trinajstić information content (AvgIpc) is 3.58. The molecule has 0 spiro atoms. The first-order valence-electron chi connectivity index (χ1n) is 18.2. The molecule has 9 rings (SSSR count). The molecule has 56 heavy (non-hydrogen) atoms. The van der Waals surface area contributed by atoms with Crippen LogP contribution >= 0.6 is 0 Å². The number of nitrogens with two attached hydrogens (primary N) is 1. The standard InChI is InChI=1S/C40H35FN10O5/c41-30-20-28-29(40(55)50(39(28)54)31-12-13-33(52)45-38(31)53)21-32(30)47-16-4-5-17-49(23-47)48-18-14-25(15-19-48)51-37-34(36(42)43-22-44-37)35(46-51)24-8-10-27(11-9-24)56-26-6-2-1-3-7-26/h1-11,16-17,20-22,25,31H,12-15,18-19,23H2,(H2,42,43,44)(H,45,52,53). The minimum absolute atomic E-state index is 0.000737. The van der Waals surface area contributed by atoms with Gasteiger partial charge in [0.15, 0.2) is 5.65 Å². The van der Waals surface area contributed by atoms with Crippen molar-refractivity contribution in [2.24, 2.45) is 0 Å². The fourth-order valence-corrected chi connectivity index (χ4v) is 7.70. The number of hydrogen-bond acceptors (Lipinski definition) is 12. The molecule has 5 aromatic rings. The van der Waals surface area contributed by atoms with Crippen molar-refractivity contribution in [1.82, 2.24) is 40.0 Å². The van der Waals surface area contributed by atoms with E-state index in [2.05, 4.69) is 20.3 Å². The number of ether oxygens (including phenoxy) is 1. The van der Waals surface area contributed by atoms with Gasteiger partial charge in [-0.15, -0.1) is 0 Å². The molecule has 15 nitrogen and oxygen atoms in total. The van der Waals surface area contributed by atoms with Crippen LogP contribution in [0, 0.1) is 5.82 Å². The van der Waals surface area contributed by atoms with E-state index in [-0.39, 0.29) is 42.4 Å². The van der Waals surface area contributed by atoms with Crippen LogP contribution in [-0.2, 0) is 9.59 Å². The molecular formula is C40H35FN10O5. The van der Waals surface area contributed by atoms with Crippen LogP contribution in [0.15, 0.2) is 97.6 Å². The fourth-order valence-electron chi connectivity index (χ4n) is 7.70. The average molecular weight is 755 g/mol. The van der Waals surface area contributed by atoms with Crippen molar-refractivity contribution in [3.63, 3.8) is 0 Å². The Morgan fingerprint density at radius 3 is 2.30 bits per heavy atom. The first-order chi connectivity index (χ1) is 27.2. The number of nitrogens with zero attached hydrogens (tertiary/aromatic N) is 8. The second-order valence-corrected chi connectivity index (χ2v) is 13.9. The van der Waals surface area contributed by atoms with Gasteiger partial charge in [-0.05, 0) is 79.9 Å². The number of piperidine rings is 2. The summed E-state index contributed by atoms with van der Waals surface area (Å²) in [7, 11) is 0. The highest BCUT2D eigenvalue weighted by Crippen LogP contribution is 2.37. The lowest BCUT2D eigenvalue weighted by molar-refractivity contribution is -0.136. The molecule has 1 unspecified atom stereocenters. The molecule has 4 amide bonds. The number of hydrazine groups is 1. The number of benzene rings is 3. The third-order valence-corrected chi connectivity index (χ3v) is 10.5. The van der Waals surface area contributed by atoms with Crippen molar-refractivity contribution in [3.05, 3.63) is 115 Å². The molecule has 1 atom stereocenters. The fraction of sp³-hybridized carbons (Fsp3) is 0.225. The van der Waals surface area contributed by atoms with E-state index < -0.39 is 35.5 Å². The summed E-state index contributed by atoms with van der Waals surface area (Å²) in [4.78, 5) is 62.3. The zero-order valence-corrected chi connectivity index (χ0v) is 29.9. The Balaban J connectivity index is 0.907. The van der Waals surface area contributed by atoms with Gasteiger partial charge in [-0.1, -0.05) is 18.2 Å². The van der Waals surface area contributed by atoms with E-state index in [9.17, 15) is 19.2 Å². The summed E-state index contributed by atoms with van der Waals surface area (Å²) < 4.78 is 23.7. The number of hydrogen-bond donors (Lipinski definition) is 2. The topological polar surface area (TPSA) is 172 Å². The summed E-state index contributed by atoms with van der Waals surface area (Å²) in [5.41, 5.74) is 8.58. The monoisotopic (exact) mass is 754 g/mol. The summed E-state index contributed by atoms with van der Waals surface area (Å²) in [6.07, 6.45) is 10.1. The van der Waals surface area contributed by atoms with Gasteiger partial charge in [-0.2, -0.15) is 5.10 Å². The van der Waals surface area contributed by atoms with E-state index in [1.165, 1.54) is 12.4 Å². The number of halogens is 1. The predicted octanol–water partition coefficient (Wildman–Crippen LogP) is 4.77. The smallest absolute Gasteiger partial charge is 0.262 e. The van der Waals surface area contributed by atoms with E-state index in [0.29, 0.717) is 41.4 Å². The number of aromatic nitrogens is 4. The normalized spacial score (nSPS) is 19.2. The maximum absolute atomic E-state index is 15.8. The number of nitrogens with one attached hydrogen (secondary N) is 1. The van der Waals surface area contributed by atoms with E-state index in [4.69, 9.17) is 15.6 Å². The number of carbonyl (C=O) groups is 4. The first-order valence-corrected chi connectivity index (χ1v) is 18.2. The molecule has 16 heteroatoms. The largest absolute Gasteiger partial charge is 0.457 e. The molecule has 6 heterocycles. The third-order valence-electron chi connectivity index (χ3n) is 10.5. The van der Waals surface area contributed by atoms with Crippen LogP contribution in [0.4, 0.5) is 15.9 Å².